The van der Waals surface area contributed by atoms with Crippen molar-refractivity contribution in [3.8, 4) is 11.3 Å². The first-order valence-corrected chi connectivity index (χ1v) is 8.44. The molecule has 1 aromatic heterocycles. The van der Waals surface area contributed by atoms with Crippen LogP contribution in [0, 0.1) is 19.8 Å². The van der Waals surface area contributed by atoms with E-state index in [2.05, 4.69) is 88.0 Å². The van der Waals surface area contributed by atoms with Gasteiger partial charge in [0.05, 0.1) is 0 Å². The molecule has 0 fully saturated rings. The van der Waals surface area contributed by atoms with Gasteiger partial charge in [0.2, 0.25) is 5.69 Å². The number of hydrogen-bond donors (Lipinski definition) is 0. The average Bonchev–Trinajstić information content (AvgIpc) is 2.49. The highest BCUT2D eigenvalue weighted by Crippen LogP contribution is 2.25. The van der Waals surface area contributed by atoms with Crippen LogP contribution in [-0.2, 0) is 13.5 Å². The van der Waals surface area contributed by atoms with Gasteiger partial charge in [0.15, 0.2) is 6.20 Å². The van der Waals surface area contributed by atoms with Gasteiger partial charge in [0.25, 0.3) is 0 Å². The Bertz CT molecular complexity index is 859. The zero-order valence-corrected chi connectivity index (χ0v) is 14.9. The average molecular weight is 304 g/mol. The quantitative estimate of drug-likeness (QED) is 0.589. The lowest BCUT2D eigenvalue weighted by atomic mass is 9.97. The number of pyridine rings is 1. The van der Waals surface area contributed by atoms with E-state index in [1.165, 1.54) is 38.7 Å². The standard InChI is InChI=1S/C22H26N/c1-15(2)10-18-8-9-19-14-23(5)22(13-20(19)12-18)21-11-16(3)6-7-17(21)4/h6-9,11-15H,10H2,1-5H3/q+1. The number of fused-ring (bicyclic) bond motifs is 1. The normalized spacial score (nSPS) is 11.4. The van der Waals surface area contributed by atoms with Gasteiger partial charge in [-0.05, 0) is 54.8 Å². The molecule has 3 aromatic rings. The van der Waals surface area contributed by atoms with Gasteiger partial charge in [0, 0.05) is 17.0 Å². The zero-order valence-electron chi connectivity index (χ0n) is 14.9. The van der Waals surface area contributed by atoms with Crippen LogP contribution in [0.25, 0.3) is 22.0 Å². The SMILES string of the molecule is Cc1ccc(C)c(-c2cc3cc(CC(C)C)ccc3c[n+]2C)c1. The molecule has 3 rings (SSSR count). The van der Waals surface area contributed by atoms with Crippen LogP contribution in [0.3, 0.4) is 0 Å². The van der Waals surface area contributed by atoms with Crippen LogP contribution in [-0.4, -0.2) is 0 Å². The van der Waals surface area contributed by atoms with E-state index in [4.69, 9.17) is 0 Å². The van der Waals surface area contributed by atoms with Crippen molar-refractivity contribution >= 4 is 10.8 Å². The van der Waals surface area contributed by atoms with Crippen molar-refractivity contribution in [1.82, 2.24) is 0 Å². The fourth-order valence-electron chi connectivity index (χ4n) is 3.27. The van der Waals surface area contributed by atoms with Gasteiger partial charge in [0.1, 0.15) is 7.05 Å². The van der Waals surface area contributed by atoms with Gasteiger partial charge >= 0.3 is 0 Å². The van der Waals surface area contributed by atoms with Crippen LogP contribution in [0.4, 0.5) is 0 Å². The van der Waals surface area contributed by atoms with E-state index < -0.39 is 0 Å². The summed E-state index contributed by atoms with van der Waals surface area (Å²) in [5.41, 5.74) is 6.65. The summed E-state index contributed by atoms with van der Waals surface area (Å²) in [7, 11) is 2.14. The minimum absolute atomic E-state index is 0.686. The molecule has 0 N–H and O–H groups in total. The van der Waals surface area contributed by atoms with Crippen LogP contribution >= 0.6 is 0 Å². The highest BCUT2D eigenvalue weighted by Gasteiger charge is 2.14. The monoisotopic (exact) mass is 304 g/mol. The van der Waals surface area contributed by atoms with Crippen molar-refractivity contribution in [2.24, 2.45) is 13.0 Å². The molecule has 0 saturated carbocycles. The summed E-state index contributed by atoms with van der Waals surface area (Å²) >= 11 is 0. The van der Waals surface area contributed by atoms with Gasteiger partial charge in [-0.2, -0.15) is 0 Å². The molecule has 0 saturated heterocycles. The van der Waals surface area contributed by atoms with Gasteiger partial charge in [-0.25, -0.2) is 4.57 Å². The Morgan fingerprint density at radius 2 is 1.70 bits per heavy atom. The Hall–Kier alpha value is -2.15. The molecule has 2 aromatic carbocycles. The predicted molar refractivity (Wildman–Crippen MR) is 98.6 cm³/mol. The predicted octanol–water partition coefficient (Wildman–Crippen LogP) is 5.15. The maximum atomic E-state index is 2.35. The highest BCUT2D eigenvalue weighted by atomic mass is 14.9. The third kappa shape index (κ3) is 3.29. The second-order valence-corrected chi connectivity index (χ2v) is 7.15. The lowest BCUT2D eigenvalue weighted by molar-refractivity contribution is -0.659. The summed E-state index contributed by atoms with van der Waals surface area (Å²) in [6.45, 7) is 8.90. The van der Waals surface area contributed by atoms with Gasteiger partial charge in [-0.1, -0.05) is 43.7 Å². The lowest BCUT2D eigenvalue weighted by Crippen LogP contribution is -2.30. The topological polar surface area (TPSA) is 3.88 Å². The third-order valence-corrected chi connectivity index (χ3v) is 4.47. The molecule has 0 radical (unpaired) electrons. The van der Waals surface area contributed by atoms with Crippen LogP contribution in [0.2, 0.25) is 0 Å². The number of rotatable bonds is 3. The first-order chi connectivity index (χ1) is 10.9. The van der Waals surface area contributed by atoms with Crippen molar-refractivity contribution in [2.45, 2.75) is 34.1 Å². The first kappa shape index (κ1) is 15.7. The number of aromatic nitrogens is 1. The summed E-state index contributed by atoms with van der Waals surface area (Å²) < 4.78 is 2.24. The Morgan fingerprint density at radius 3 is 2.43 bits per heavy atom. The molecule has 118 valence electrons. The van der Waals surface area contributed by atoms with Crippen LogP contribution in [0.15, 0.2) is 48.7 Å². The van der Waals surface area contributed by atoms with Crippen LogP contribution in [0.5, 0.6) is 0 Å². The summed E-state index contributed by atoms with van der Waals surface area (Å²) in [4.78, 5) is 0. The molecule has 1 nitrogen and oxygen atoms in total. The molecule has 0 unspecified atom stereocenters. The fourth-order valence-corrected chi connectivity index (χ4v) is 3.27. The van der Waals surface area contributed by atoms with E-state index >= 15 is 0 Å². The number of benzene rings is 2. The Morgan fingerprint density at radius 1 is 0.913 bits per heavy atom. The number of nitrogens with zero attached hydrogens (tertiary/aromatic N) is 1. The second-order valence-electron chi connectivity index (χ2n) is 7.15. The van der Waals surface area contributed by atoms with Crippen molar-refractivity contribution in [1.29, 1.82) is 0 Å². The summed E-state index contributed by atoms with van der Waals surface area (Å²) in [5, 5.41) is 2.63. The molecule has 0 aliphatic carbocycles. The Labute approximate surface area is 139 Å². The largest absolute Gasteiger partial charge is 0.213 e. The number of aryl methyl sites for hydroxylation is 3. The maximum Gasteiger partial charge on any atom is 0.213 e. The smallest absolute Gasteiger partial charge is 0.200 e. The molecular weight excluding hydrogens is 278 g/mol. The molecule has 0 amide bonds. The van der Waals surface area contributed by atoms with E-state index in [0.29, 0.717) is 5.92 Å². The van der Waals surface area contributed by atoms with Crippen LogP contribution in [0.1, 0.15) is 30.5 Å². The minimum Gasteiger partial charge on any atom is -0.200 e. The highest BCUT2D eigenvalue weighted by molar-refractivity contribution is 5.84. The van der Waals surface area contributed by atoms with Gasteiger partial charge < -0.3 is 0 Å². The summed E-state index contributed by atoms with van der Waals surface area (Å²) in [6.07, 6.45) is 3.38. The maximum absolute atomic E-state index is 2.35. The van der Waals surface area contributed by atoms with Gasteiger partial charge in [-0.15, -0.1) is 0 Å². The lowest BCUT2D eigenvalue weighted by Gasteiger charge is -2.09. The molecule has 0 aliphatic heterocycles. The van der Waals surface area contributed by atoms with Crippen molar-refractivity contribution in [3.63, 3.8) is 0 Å². The molecule has 0 atom stereocenters. The number of hydrogen-bond acceptors (Lipinski definition) is 0. The molecule has 1 heteroatoms. The molecular formula is C22H26N+. The second kappa shape index (κ2) is 6.16. The third-order valence-electron chi connectivity index (χ3n) is 4.47. The summed E-state index contributed by atoms with van der Waals surface area (Å²) in [6, 6.07) is 15.9. The van der Waals surface area contributed by atoms with Crippen molar-refractivity contribution < 1.29 is 4.57 Å². The molecule has 23 heavy (non-hydrogen) atoms. The minimum atomic E-state index is 0.686. The fraction of sp³-hybridized carbons (Fsp3) is 0.318. The van der Waals surface area contributed by atoms with E-state index in [1.54, 1.807) is 0 Å². The van der Waals surface area contributed by atoms with E-state index in [9.17, 15) is 0 Å². The van der Waals surface area contributed by atoms with Crippen LogP contribution < -0.4 is 4.57 Å². The molecule has 0 bridgehead atoms. The zero-order chi connectivity index (χ0) is 16.6. The Kier molecular flexibility index (Phi) is 4.21. The van der Waals surface area contributed by atoms with Crippen molar-refractivity contribution in [3.05, 3.63) is 65.4 Å². The Balaban J connectivity index is 2.17. The summed E-state index contributed by atoms with van der Waals surface area (Å²) in [5.74, 6) is 0.686. The van der Waals surface area contributed by atoms with E-state index in [-0.39, 0.29) is 0 Å². The van der Waals surface area contributed by atoms with Crippen molar-refractivity contribution in [2.75, 3.05) is 0 Å². The molecule has 1 heterocycles. The van der Waals surface area contributed by atoms with E-state index in [1.807, 2.05) is 0 Å². The van der Waals surface area contributed by atoms with Gasteiger partial charge in [-0.3, -0.25) is 0 Å². The van der Waals surface area contributed by atoms with E-state index in [0.717, 1.165) is 6.42 Å². The first-order valence-electron chi connectivity index (χ1n) is 8.44. The molecule has 0 spiro atoms. The molecule has 0 aliphatic rings.